The molecular weight excluding hydrogens is 320 g/mol. The number of nitrogens with one attached hydrogen (secondary N) is 2. The lowest BCUT2D eigenvalue weighted by Crippen LogP contribution is -2.35. The zero-order valence-electron chi connectivity index (χ0n) is 11.7. The highest BCUT2D eigenvalue weighted by atomic mass is 32.2. The quantitative estimate of drug-likeness (QED) is 0.547. The van der Waals surface area contributed by atoms with Crippen molar-refractivity contribution in [3.05, 3.63) is 41.4 Å². The summed E-state index contributed by atoms with van der Waals surface area (Å²) >= 11 is 2.72. The van der Waals surface area contributed by atoms with Gasteiger partial charge in [-0.25, -0.2) is 4.98 Å². The molecule has 0 unspecified atom stereocenters. The van der Waals surface area contributed by atoms with Crippen molar-refractivity contribution in [3.8, 4) is 5.69 Å². The molecule has 0 fully saturated rings. The molecule has 0 saturated carbocycles. The molecule has 2 N–H and O–H groups in total. The minimum Gasteiger partial charge on any atom is -0.301 e. The van der Waals surface area contributed by atoms with Gasteiger partial charge in [0.25, 0.3) is 0 Å². The van der Waals surface area contributed by atoms with Crippen molar-refractivity contribution in [2.24, 2.45) is 0 Å². The molecule has 9 heteroatoms. The number of thioether (sulfide) groups is 1. The van der Waals surface area contributed by atoms with Gasteiger partial charge < -0.3 is 5.32 Å². The van der Waals surface area contributed by atoms with E-state index in [1.165, 1.54) is 23.1 Å². The minimum atomic E-state index is -0.123. The molecule has 2 aromatic heterocycles. The number of aromatic nitrogens is 5. The number of carbonyl (C=O) groups excluding carboxylic acids is 1. The first kappa shape index (κ1) is 14.7. The van der Waals surface area contributed by atoms with Crippen molar-refractivity contribution in [1.29, 1.82) is 0 Å². The van der Waals surface area contributed by atoms with Crippen LogP contribution in [0.3, 0.4) is 0 Å². The predicted octanol–water partition coefficient (Wildman–Crippen LogP) is 1.58. The lowest BCUT2D eigenvalue weighted by molar-refractivity contribution is -0.697. The normalized spacial score (nSPS) is 10.6. The van der Waals surface area contributed by atoms with Crippen LogP contribution in [0.4, 0.5) is 5.13 Å². The monoisotopic (exact) mass is 333 g/mol. The fourth-order valence-corrected chi connectivity index (χ4v) is 3.14. The van der Waals surface area contributed by atoms with Crippen LogP contribution in [0.5, 0.6) is 0 Å². The highest BCUT2D eigenvalue weighted by Crippen LogP contribution is 2.16. The van der Waals surface area contributed by atoms with Crippen LogP contribution in [0.1, 0.15) is 5.69 Å². The number of aryl methyl sites for hydroxylation is 1. The average molecular weight is 333 g/mol. The lowest BCUT2D eigenvalue weighted by atomic mass is 10.3. The van der Waals surface area contributed by atoms with Gasteiger partial charge in [0.2, 0.25) is 5.91 Å². The molecule has 2 heterocycles. The van der Waals surface area contributed by atoms with Crippen LogP contribution in [0.25, 0.3) is 5.69 Å². The van der Waals surface area contributed by atoms with Gasteiger partial charge >= 0.3 is 5.16 Å². The van der Waals surface area contributed by atoms with E-state index in [1.54, 1.807) is 4.68 Å². The number of aromatic amines is 1. The molecule has 0 saturated heterocycles. The Bertz CT molecular complexity index is 770. The van der Waals surface area contributed by atoms with Gasteiger partial charge in [-0.2, -0.15) is 0 Å². The highest BCUT2D eigenvalue weighted by Gasteiger charge is 2.18. The number of para-hydroxylation sites is 1. The Morgan fingerprint density at radius 2 is 2.23 bits per heavy atom. The second kappa shape index (κ2) is 6.67. The first-order chi connectivity index (χ1) is 10.7. The maximum atomic E-state index is 11.9. The molecule has 3 rings (SSSR count). The van der Waals surface area contributed by atoms with Crippen molar-refractivity contribution in [2.75, 3.05) is 11.1 Å². The number of thiazole rings is 1. The molecule has 0 aliphatic rings. The van der Waals surface area contributed by atoms with Crippen LogP contribution in [-0.2, 0) is 4.79 Å². The van der Waals surface area contributed by atoms with E-state index >= 15 is 0 Å². The minimum absolute atomic E-state index is 0.123. The second-order valence-electron chi connectivity index (χ2n) is 4.38. The first-order valence-corrected chi connectivity index (χ1v) is 8.32. The van der Waals surface area contributed by atoms with Gasteiger partial charge in [-0.15, -0.1) is 16.0 Å². The number of nitrogens with zero attached hydrogens (tertiary/aromatic N) is 4. The Kier molecular flexibility index (Phi) is 4.45. The molecule has 1 aromatic carbocycles. The molecule has 112 valence electrons. The van der Waals surface area contributed by atoms with Crippen molar-refractivity contribution >= 4 is 34.1 Å². The van der Waals surface area contributed by atoms with E-state index in [9.17, 15) is 4.79 Å². The van der Waals surface area contributed by atoms with E-state index in [-0.39, 0.29) is 11.7 Å². The molecule has 0 bridgehead atoms. The summed E-state index contributed by atoms with van der Waals surface area (Å²) in [5.74, 6) is 0.111. The Morgan fingerprint density at radius 3 is 2.95 bits per heavy atom. The van der Waals surface area contributed by atoms with E-state index in [4.69, 9.17) is 0 Å². The smallest absolute Gasteiger partial charge is 0.301 e. The molecule has 3 aromatic rings. The predicted molar refractivity (Wildman–Crippen MR) is 84.1 cm³/mol. The maximum absolute atomic E-state index is 11.9. The molecule has 0 atom stereocenters. The molecule has 0 spiro atoms. The van der Waals surface area contributed by atoms with Crippen molar-refractivity contribution in [2.45, 2.75) is 12.1 Å². The van der Waals surface area contributed by atoms with Gasteiger partial charge in [0.15, 0.2) is 10.3 Å². The summed E-state index contributed by atoms with van der Waals surface area (Å²) in [4.78, 5) is 16.1. The summed E-state index contributed by atoms with van der Waals surface area (Å²) in [7, 11) is 0. The number of amides is 1. The van der Waals surface area contributed by atoms with Crippen LogP contribution in [0.15, 0.2) is 40.9 Å². The van der Waals surface area contributed by atoms with Crippen molar-refractivity contribution in [3.63, 3.8) is 0 Å². The zero-order valence-corrected chi connectivity index (χ0v) is 13.3. The summed E-state index contributed by atoms with van der Waals surface area (Å²) in [6.07, 6.45) is 0. The van der Waals surface area contributed by atoms with Gasteiger partial charge in [0.1, 0.15) is 10.8 Å². The van der Waals surface area contributed by atoms with E-state index in [2.05, 4.69) is 25.8 Å². The number of carbonyl (C=O) groups is 1. The lowest BCUT2D eigenvalue weighted by Gasteiger charge is -2.00. The van der Waals surface area contributed by atoms with Crippen LogP contribution in [-0.4, -0.2) is 32.2 Å². The van der Waals surface area contributed by atoms with E-state index in [1.807, 2.05) is 42.6 Å². The van der Waals surface area contributed by atoms with Crippen LogP contribution in [0, 0.1) is 6.92 Å². The summed E-state index contributed by atoms with van der Waals surface area (Å²) in [6.45, 7) is 1.89. The fourth-order valence-electron chi connectivity index (χ4n) is 1.73. The van der Waals surface area contributed by atoms with Crippen LogP contribution >= 0.6 is 23.1 Å². The third-order valence-corrected chi connectivity index (χ3v) is 4.49. The number of anilines is 1. The third kappa shape index (κ3) is 3.49. The summed E-state index contributed by atoms with van der Waals surface area (Å²) in [5.41, 5.74) is 1.80. The standard InChI is InChI=1S/C13H12N6OS2/c1-9-7-21-12(14-9)15-11(20)8-22-13-16-17-18-19(13)10-5-3-2-4-6-10/h2-7H,8H2,1H3,(H,14,15,20)/p+1. The summed E-state index contributed by atoms with van der Waals surface area (Å²) < 4.78 is 1.73. The molecule has 7 nitrogen and oxygen atoms in total. The zero-order chi connectivity index (χ0) is 15.4. The fraction of sp³-hybridized carbons (Fsp3) is 0.154. The Morgan fingerprint density at radius 1 is 1.41 bits per heavy atom. The summed E-state index contributed by atoms with van der Waals surface area (Å²) in [6, 6.07) is 9.65. The number of H-pyrrole nitrogens is 1. The topological polar surface area (TPSA) is 87.4 Å². The number of tetrazole rings is 1. The van der Waals surface area contributed by atoms with Crippen molar-refractivity contribution < 1.29 is 9.48 Å². The van der Waals surface area contributed by atoms with Crippen molar-refractivity contribution in [1.82, 2.24) is 20.5 Å². The highest BCUT2D eigenvalue weighted by molar-refractivity contribution is 7.99. The third-order valence-electron chi connectivity index (χ3n) is 2.68. The first-order valence-electron chi connectivity index (χ1n) is 6.45. The van der Waals surface area contributed by atoms with Crippen LogP contribution < -0.4 is 10.00 Å². The number of rotatable bonds is 5. The Balaban J connectivity index is 1.63. The molecular formula is C13H13N6OS2+. The number of hydrogen-bond donors (Lipinski definition) is 2. The Labute approximate surface area is 134 Å². The number of benzene rings is 1. The van der Waals surface area contributed by atoms with Gasteiger partial charge in [-0.1, -0.05) is 23.4 Å². The van der Waals surface area contributed by atoms with Gasteiger partial charge in [-0.3, -0.25) is 4.79 Å². The van der Waals surface area contributed by atoms with Gasteiger partial charge in [0, 0.05) is 5.38 Å². The molecule has 1 amide bonds. The maximum Gasteiger partial charge on any atom is 0.365 e. The van der Waals surface area contributed by atoms with E-state index in [0.717, 1.165) is 11.4 Å². The average Bonchev–Trinajstić information content (AvgIpc) is 3.15. The second-order valence-corrected chi connectivity index (χ2v) is 6.19. The molecule has 0 aliphatic carbocycles. The van der Waals surface area contributed by atoms with Gasteiger partial charge in [0.05, 0.1) is 11.4 Å². The molecule has 0 aliphatic heterocycles. The Hall–Kier alpha value is -2.26. The van der Waals surface area contributed by atoms with Gasteiger partial charge in [-0.05, 0) is 30.8 Å². The summed E-state index contributed by atoms with van der Waals surface area (Å²) in [5, 5.41) is 16.5. The SMILES string of the molecule is Cc1csc(NC(=O)CSc2nn[nH][n+]2-c2ccccc2)n1. The molecule has 22 heavy (non-hydrogen) atoms. The number of hydrogen-bond acceptors (Lipinski definition) is 6. The van der Waals surface area contributed by atoms with E-state index in [0.29, 0.717) is 10.3 Å². The van der Waals surface area contributed by atoms with E-state index < -0.39 is 0 Å². The van der Waals surface area contributed by atoms with Crippen LogP contribution in [0.2, 0.25) is 0 Å². The largest absolute Gasteiger partial charge is 0.365 e. The molecule has 0 radical (unpaired) electrons.